The summed E-state index contributed by atoms with van der Waals surface area (Å²) in [7, 11) is 0. The summed E-state index contributed by atoms with van der Waals surface area (Å²) >= 11 is 4.08. The molecule has 108 valence electrons. The number of amides is 1. The molecule has 0 spiro atoms. The van der Waals surface area contributed by atoms with E-state index in [4.69, 9.17) is 0 Å². The summed E-state index contributed by atoms with van der Waals surface area (Å²) in [5, 5.41) is 2.48. The fourth-order valence-electron chi connectivity index (χ4n) is 1.93. The van der Waals surface area contributed by atoms with Gasteiger partial charge in [-0.25, -0.2) is 13.8 Å². The Balaban J connectivity index is 1.94. The molecule has 0 unspecified atom stereocenters. The molecule has 4 nitrogen and oxygen atoms in total. The van der Waals surface area contributed by atoms with Crippen LogP contribution in [0.25, 0.3) is 5.65 Å². The van der Waals surface area contributed by atoms with Crippen LogP contribution in [0.5, 0.6) is 0 Å². The minimum absolute atomic E-state index is 0.0656. The summed E-state index contributed by atoms with van der Waals surface area (Å²) in [5.41, 5.74) is 1.06. The Morgan fingerprint density at radius 1 is 1.33 bits per heavy atom. The fraction of sp³-hybridized carbons (Fsp3) is 0.0769. The number of imidazole rings is 1. The second-order valence-electron chi connectivity index (χ2n) is 4.37. The van der Waals surface area contributed by atoms with Crippen molar-refractivity contribution in [3.63, 3.8) is 0 Å². The lowest BCUT2D eigenvalue weighted by molar-refractivity contribution is 0.102. The number of carbonyl (C=O) groups excluding carboxylic acids is 1. The highest BCUT2D eigenvalue weighted by Gasteiger charge is 2.17. The average Bonchev–Trinajstić information content (AvgIpc) is 2.91. The summed E-state index contributed by atoms with van der Waals surface area (Å²) in [6.07, 6.45) is 3.16. The highest BCUT2D eigenvalue weighted by atomic mass is 79.9. The number of aryl methyl sites for hydroxylation is 1. The first kappa shape index (κ1) is 14.2. The van der Waals surface area contributed by atoms with E-state index in [1.165, 1.54) is 16.7 Å². The smallest absolute Gasteiger partial charge is 0.268 e. The minimum Gasteiger partial charge on any atom is -0.320 e. The van der Waals surface area contributed by atoms with Crippen LogP contribution in [-0.2, 0) is 0 Å². The Kier molecular flexibility index (Phi) is 3.50. The highest BCUT2D eigenvalue weighted by molar-refractivity contribution is 9.11. The van der Waals surface area contributed by atoms with Crippen LogP contribution in [0.2, 0.25) is 0 Å². The molecule has 0 radical (unpaired) electrons. The lowest BCUT2D eigenvalue weighted by atomic mass is 10.3. The van der Waals surface area contributed by atoms with Gasteiger partial charge in [0.05, 0.1) is 15.2 Å². The zero-order chi connectivity index (χ0) is 15.1. The van der Waals surface area contributed by atoms with E-state index in [0.717, 1.165) is 17.4 Å². The van der Waals surface area contributed by atoms with E-state index in [9.17, 15) is 13.6 Å². The van der Waals surface area contributed by atoms with Crippen LogP contribution in [0.1, 0.15) is 15.4 Å². The van der Waals surface area contributed by atoms with E-state index in [-0.39, 0.29) is 16.2 Å². The van der Waals surface area contributed by atoms with Crippen LogP contribution in [0.4, 0.5) is 14.5 Å². The lowest BCUT2D eigenvalue weighted by Gasteiger charge is -2.05. The Hall–Kier alpha value is -1.80. The van der Waals surface area contributed by atoms with Gasteiger partial charge in [0.2, 0.25) is 0 Å². The third-order valence-electron chi connectivity index (χ3n) is 2.75. The summed E-state index contributed by atoms with van der Waals surface area (Å²) in [6, 6.07) is 2.36. The molecule has 0 saturated carbocycles. The maximum atomic E-state index is 13.9. The first-order valence-electron chi connectivity index (χ1n) is 5.85. The Morgan fingerprint density at radius 3 is 2.76 bits per heavy atom. The number of anilines is 1. The predicted octanol–water partition coefficient (Wildman–Crippen LogP) is 4.00. The first-order valence-corrected chi connectivity index (χ1v) is 7.46. The molecule has 3 rings (SSSR count). The fourth-order valence-corrected chi connectivity index (χ4v) is 3.28. The van der Waals surface area contributed by atoms with Crippen molar-refractivity contribution in [1.29, 1.82) is 0 Å². The summed E-state index contributed by atoms with van der Waals surface area (Å²) in [6.45, 7) is 1.74. The van der Waals surface area contributed by atoms with E-state index in [2.05, 4.69) is 26.2 Å². The molecule has 0 bridgehead atoms. The number of fused-ring (bicyclic) bond motifs is 1. The van der Waals surface area contributed by atoms with Gasteiger partial charge in [-0.2, -0.15) is 0 Å². The molecule has 0 fully saturated rings. The SMILES string of the molecule is Cc1cn2cc(NC(=O)c3sc(Br)cc3F)cc(F)c2n1. The standard InChI is InChI=1S/C13H8BrF2N3OS/c1-6-4-19-5-7(2-9(16)12(19)17-6)18-13(20)11-8(15)3-10(14)21-11/h2-5H,1H3,(H,18,20). The molecule has 0 saturated heterocycles. The molecular formula is C13H8BrF2N3OS. The van der Waals surface area contributed by atoms with Gasteiger partial charge in [0, 0.05) is 18.5 Å². The molecule has 3 aromatic rings. The Labute approximate surface area is 130 Å². The normalized spacial score (nSPS) is 11.0. The van der Waals surface area contributed by atoms with Crippen molar-refractivity contribution in [3.05, 3.63) is 50.5 Å². The third kappa shape index (κ3) is 2.68. The summed E-state index contributed by atoms with van der Waals surface area (Å²) in [5.74, 6) is -1.81. The van der Waals surface area contributed by atoms with E-state index >= 15 is 0 Å². The number of hydrogen-bond acceptors (Lipinski definition) is 3. The molecule has 0 aliphatic carbocycles. The molecule has 3 aromatic heterocycles. The van der Waals surface area contributed by atoms with Crippen molar-refractivity contribution in [2.45, 2.75) is 6.92 Å². The van der Waals surface area contributed by atoms with Crippen LogP contribution in [0.15, 0.2) is 28.3 Å². The molecule has 1 amide bonds. The number of hydrogen-bond donors (Lipinski definition) is 1. The van der Waals surface area contributed by atoms with Crippen molar-refractivity contribution >= 4 is 44.5 Å². The van der Waals surface area contributed by atoms with Crippen LogP contribution < -0.4 is 5.32 Å². The van der Waals surface area contributed by atoms with E-state index in [0.29, 0.717) is 9.48 Å². The first-order chi connectivity index (χ1) is 9.94. The molecule has 0 aliphatic rings. The van der Waals surface area contributed by atoms with Gasteiger partial charge >= 0.3 is 0 Å². The molecule has 0 aliphatic heterocycles. The number of nitrogens with zero attached hydrogens (tertiary/aromatic N) is 2. The van der Waals surface area contributed by atoms with Crippen molar-refractivity contribution in [3.8, 4) is 0 Å². The number of pyridine rings is 1. The number of thiophene rings is 1. The summed E-state index contributed by atoms with van der Waals surface area (Å²) < 4.78 is 29.4. The molecule has 8 heteroatoms. The van der Waals surface area contributed by atoms with Gasteiger partial charge in [-0.15, -0.1) is 11.3 Å². The molecule has 3 heterocycles. The van der Waals surface area contributed by atoms with Crippen LogP contribution in [0, 0.1) is 18.6 Å². The van der Waals surface area contributed by atoms with E-state index < -0.39 is 17.5 Å². The van der Waals surface area contributed by atoms with Gasteiger partial charge in [-0.3, -0.25) is 4.79 Å². The highest BCUT2D eigenvalue weighted by Crippen LogP contribution is 2.27. The second-order valence-corrected chi connectivity index (χ2v) is 6.80. The number of aromatic nitrogens is 2. The third-order valence-corrected chi connectivity index (χ3v) is 4.36. The predicted molar refractivity (Wildman–Crippen MR) is 79.8 cm³/mol. The molecule has 0 aromatic carbocycles. The maximum Gasteiger partial charge on any atom is 0.268 e. The van der Waals surface area contributed by atoms with Gasteiger partial charge in [-0.05, 0) is 28.9 Å². The number of halogens is 3. The average molecular weight is 372 g/mol. The van der Waals surface area contributed by atoms with Crippen molar-refractivity contribution < 1.29 is 13.6 Å². The number of carbonyl (C=O) groups is 1. The zero-order valence-corrected chi connectivity index (χ0v) is 13.1. The van der Waals surface area contributed by atoms with Crippen LogP contribution >= 0.6 is 27.3 Å². The number of rotatable bonds is 2. The van der Waals surface area contributed by atoms with Crippen molar-refractivity contribution in [2.24, 2.45) is 0 Å². The van der Waals surface area contributed by atoms with Crippen molar-refractivity contribution in [1.82, 2.24) is 9.38 Å². The largest absolute Gasteiger partial charge is 0.320 e. The van der Waals surface area contributed by atoms with Gasteiger partial charge < -0.3 is 9.72 Å². The monoisotopic (exact) mass is 371 g/mol. The molecule has 1 N–H and O–H groups in total. The van der Waals surface area contributed by atoms with Crippen molar-refractivity contribution in [2.75, 3.05) is 5.32 Å². The van der Waals surface area contributed by atoms with Gasteiger partial charge in [-0.1, -0.05) is 0 Å². The van der Waals surface area contributed by atoms with E-state index in [1.54, 1.807) is 13.1 Å². The van der Waals surface area contributed by atoms with Crippen LogP contribution in [-0.4, -0.2) is 15.3 Å². The quantitative estimate of drug-likeness (QED) is 0.739. The zero-order valence-electron chi connectivity index (χ0n) is 10.7. The molecule has 0 atom stereocenters. The summed E-state index contributed by atoms with van der Waals surface area (Å²) in [4.78, 5) is 15.9. The number of nitrogens with one attached hydrogen (secondary N) is 1. The minimum atomic E-state index is -0.626. The van der Waals surface area contributed by atoms with Gasteiger partial charge in [0.15, 0.2) is 11.5 Å². The maximum absolute atomic E-state index is 13.9. The molecular weight excluding hydrogens is 364 g/mol. The van der Waals surface area contributed by atoms with Gasteiger partial charge in [0.25, 0.3) is 5.91 Å². The van der Waals surface area contributed by atoms with E-state index in [1.807, 2.05) is 0 Å². The van der Waals surface area contributed by atoms with Gasteiger partial charge in [0.1, 0.15) is 10.7 Å². The topological polar surface area (TPSA) is 46.4 Å². The van der Waals surface area contributed by atoms with Crippen LogP contribution in [0.3, 0.4) is 0 Å². The second kappa shape index (κ2) is 5.19. The Morgan fingerprint density at radius 2 is 2.10 bits per heavy atom. The Bertz CT molecular complexity index is 859. The lowest BCUT2D eigenvalue weighted by Crippen LogP contribution is -2.12. The molecule has 21 heavy (non-hydrogen) atoms.